The van der Waals surface area contributed by atoms with E-state index in [-0.39, 0.29) is 15.6 Å². The Labute approximate surface area is 162 Å². The van der Waals surface area contributed by atoms with Crippen LogP contribution in [0.4, 0.5) is 26.3 Å². The van der Waals surface area contributed by atoms with E-state index < -0.39 is 35.7 Å². The minimum absolute atomic E-state index is 0.0428. The van der Waals surface area contributed by atoms with Crippen molar-refractivity contribution in [3.8, 4) is 5.75 Å². The predicted molar refractivity (Wildman–Crippen MR) is 89.0 cm³/mol. The first kappa shape index (κ1) is 22.3. The molecule has 14 heteroatoms. The maximum atomic E-state index is 13.0. The summed E-state index contributed by atoms with van der Waals surface area (Å²) >= 11 is 0.725. The Kier molecular flexibility index (Phi) is 6.56. The van der Waals surface area contributed by atoms with Crippen LogP contribution in [0.3, 0.4) is 0 Å². The number of amidine groups is 1. The molecule has 0 atom stereocenters. The Balaban J connectivity index is 2.21. The number of nitrogens with one attached hydrogen (secondary N) is 1. The number of rotatable bonds is 4. The minimum Gasteiger partial charge on any atom is -0.466 e. The smallest absolute Gasteiger partial charge is 0.466 e. The molecule has 1 aliphatic rings. The van der Waals surface area contributed by atoms with Crippen molar-refractivity contribution in [2.75, 3.05) is 7.11 Å². The number of halogens is 6. The first-order valence-corrected chi connectivity index (χ1v) is 8.07. The van der Waals surface area contributed by atoms with E-state index in [2.05, 4.69) is 25.0 Å². The van der Waals surface area contributed by atoms with E-state index >= 15 is 0 Å². The normalized spacial score (nSPS) is 17.8. The SMILES string of the molecule is COC(=O)/C=C1/S/C(=N\N=Cc2ccc(OC(F)(F)F)c(C(F)(F)F)c2)NC1=O. The average Bonchev–Trinajstić information content (AvgIpc) is 2.93. The maximum Gasteiger partial charge on any atom is 0.573 e. The van der Waals surface area contributed by atoms with Crippen LogP contribution in [0, 0.1) is 0 Å². The number of methoxy groups -OCH3 is 1. The fourth-order valence-electron chi connectivity index (χ4n) is 1.85. The fraction of sp³-hybridized carbons (Fsp3) is 0.200. The van der Waals surface area contributed by atoms with Crippen molar-refractivity contribution in [3.05, 3.63) is 40.3 Å². The largest absolute Gasteiger partial charge is 0.573 e. The lowest BCUT2D eigenvalue weighted by Crippen LogP contribution is -2.20. The molecular formula is C15H9F6N3O4S. The second-order valence-electron chi connectivity index (χ2n) is 5.04. The molecule has 1 fully saturated rings. The summed E-state index contributed by atoms with van der Waals surface area (Å²) in [4.78, 5) is 22.7. The number of carbonyl (C=O) groups excluding carboxylic acids is 2. The highest BCUT2D eigenvalue weighted by Crippen LogP contribution is 2.38. The number of carbonyl (C=O) groups is 2. The second kappa shape index (κ2) is 8.55. The number of hydrogen-bond donors (Lipinski definition) is 1. The molecule has 0 spiro atoms. The fourth-order valence-corrected chi connectivity index (χ4v) is 2.59. The molecule has 29 heavy (non-hydrogen) atoms. The Bertz CT molecular complexity index is 908. The van der Waals surface area contributed by atoms with Crippen LogP contribution in [0.15, 0.2) is 39.4 Å². The van der Waals surface area contributed by atoms with E-state index in [0.29, 0.717) is 12.1 Å². The molecule has 1 N–H and O–H groups in total. The highest BCUT2D eigenvalue weighted by molar-refractivity contribution is 8.18. The van der Waals surface area contributed by atoms with Crippen LogP contribution < -0.4 is 10.1 Å². The molecule has 7 nitrogen and oxygen atoms in total. The molecule has 0 aliphatic carbocycles. The number of thioether (sulfide) groups is 1. The van der Waals surface area contributed by atoms with Crippen molar-refractivity contribution >= 4 is 35.0 Å². The van der Waals surface area contributed by atoms with E-state index in [1.165, 1.54) is 0 Å². The van der Waals surface area contributed by atoms with Gasteiger partial charge in [0.2, 0.25) is 0 Å². The van der Waals surface area contributed by atoms with Gasteiger partial charge in [-0.3, -0.25) is 10.1 Å². The van der Waals surface area contributed by atoms with Gasteiger partial charge in [0.15, 0.2) is 5.17 Å². The molecule has 0 unspecified atom stereocenters. The molecule has 1 aliphatic heterocycles. The molecular weight excluding hydrogens is 432 g/mol. The van der Waals surface area contributed by atoms with Gasteiger partial charge in [0.25, 0.3) is 5.91 Å². The molecule has 1 aromatic carbocycles. The van der Waals surface area contributed by atoms with Gasteiger partial charge in [-0.15, -0.1) is 18.3 Å². The van der Waals surface area contributed by atoms with Gasteiger partial charge in [-0.05, 0) is 35.5 Å². The number of ether oxygens (including phenoxy) is 2. The summed E-state index contributed by atoms with van der Waals surface area (Å²) in [6.07, 6.45) is -8.68. The first-order chi connectivity index (χ1) is 13.4. The van der Waals surface area contributed by atoms with Gasteiger partial charge in [-0.25, -0.2) is 4.79 Å². The summed E-state index contributed by atoms with van der Waals surface area (Å²) in [5.41, 5.74) is -1.88. The summed E-state index contributed by atoms with van der Waals surface area (Å²) in [7, 11) is 1.11. The Hall–Kier alpha value is -3.03. The minimum atomic E-state index is -5.30. The molecule has 156 valence electrons. The summed E-state index contributed by atoms with van der Waals surface area (Å²) in [5, 5.41) is 9.21. The molecule has 1 saturated heterocycles. The van der Waals surface area contributed by atoms with Crippen LogP contribution in [0.1, 0.15) is 11.1 Å². The number of alkyl halides is 6. The lowest BCUT2D eigenvalue weighted by molar-refractivity contribution is -0.276. The van der Waals surface area contributed by atoms with Gasteiger partial charge in [-0.1, -0.05) is 0 Å². The third kappa shape index (κ3) is 6.51. The van der Waals surface area contributed by atoms with Crippen molar-refractivity contribution < 1.29 is 45.4 Å². The zero-order valence-electron chi connectivity index (χ0n) is 14.1. The van der Waals surface area contributed by atoms with Gasteiger partial charge in [-0.2, -0.15) is 18.3 Å². The number of nitrogens with zero attached hydrogens (tertiary/aromatic N) is 2. The monoisotopic (exact) mass is 441 g/mol. The highest BCUT2D eigenvalue weighted by Gasteiger charge is 2.39. The molecule has 1 heterocycles. The number of esters is 1. The van der Waals surface area contributed by atoms with Gasteiger partial charge < -0.3 is 9.47 Å². The third-order valence-electron chi connectivity index (χ3n) is 2.99. The van der Waals surface area contributed by atoms with Crippen LogP contribution in [-0.4, -0.2) is 36.7 Å². The van der Waals surface area contributed by atoms with Crippen LogP contribution in [0.2, 0.25) is 0 Å². The topological polar surface area (TPSA) is 89.3 Å². The van der Waals surface area contributed by atoms with Crippen molar-refractivity contribution in [2.45, 2.75) is 12.5 Å². The first-order valence-electron chi connectivity index (χ1n) is 7.26. The van der Waals surface area contributed by atoms with Gasteiger partial charge in [0.05, 0.1) is 23.8 Å². The van der Waals surface area contributed by atoms with Crippen molar-refractivity contribution in [1.29, 1.82) is 0 Å². The summed E-state index contributed by atoms with van der Waals surface area (Å²) < 4.78 is 83.4. The molecule has 1 aromatic rings. The third-order valence-corrected chi connectivity index (χ3v) is 3.89. The zero-order valence-corrected chi connectivity index (χ0v) is 14.9. The van der Waals surface area contributed by atoms with Crippen molar-refractivity contribution in [2.24, 2.45) is 10.2 Å². The molecule has 2 rings (SSSR count). The zero-order chi connectivity index (χ0) is 21.8. The quantitative estimate of drug-likeness (QED) is 0.255. The van der Waals surface area contributed by atoms with Crippen LogP contribution >= 0.6 is 11.8 Å². The summed E-state index contributed by atoms with van der Waals surface area (Å²) in [6, 6.07) is 1.80. The Morgan fingerprint density at radius 3 is 2.48 bits per heavy atom. The van der Waals surface area contributed by atoms with E-state index in [0.717, 1.165) is 37.2 Å². The molecule has 1 amide bonds. The number of benzene rings is 1. The second-order valence-corrected chi connectivity index (χ2v) is 6.07. The molecule has 0 aromatic heterocycles. The number of hydrogen-bond acceptors (Lipinski definition) is 7. The highest BCUT2D eigenvalue weighted by atomic mass is 32.2. The van der Waals surface area contributed by atoms with Gasteiger partial charge in [0.1, 0.15) is 5.75 Å². The van der Waals surface area contributed by atoms with Crippen molar-refractivity contribution in [1.82, 2.24) is 5.32 Å². The predicted octanol–water partition coefficient (Wildman–Crippen LogP) is 3.21. The van der Waals surface area contributed by atoms with E-state index in [4.69, 9.17) is 0 Å². The molecule has 0 radical (unpaired) electrons. The van der Waals surface area contributed by atoms with E-state index in [9.17, 15) is 35.9 Å². The molecule has 0 saturated carbocycles. The van der Waals surface area contributed by atoms with Crippen molar-refractivity contribution in [3.63, 3.8) is 0 Å². The Morgan fingerprint density at radius 2 is 1.90 bits per heavy atom. The van der Waals surface area contributed by atoms with Crippen LogP contribution in [0.5, 0.6) is 5.75 Å². The molecule has 0 bridgehead atoms. The maximum absolute atomic E-state index is 13.0. The van der Waals surface area contributed by atoms with Crippen LogP contribution in [0.25, 0.3) is 0 Å². The van der Waals surface area contributed by atoms with E-state index in [1.807, 2.05) is 0 Å². The van der Waals surface area contributed by atoms with Gasteiger partial charge in [0, 0.05) is 6.08 Å². The summed E-state index contributed by atoms with van der Waals surface area (Å²) in [6.45, 7) is 0. The summed E-state index contributed by atoms with van der Waals surface area (Å²) in [5.74, 6) is -2.86. The van der Waals surface area contributed by atoms with Crippen LogP contribution in [-0.2, 0) is 20.5 Å². The Morgan fingerprint density at radius 1 is 1.21 bits per heavy atom. The standard InChI is InChI=1S/C15H9F6N3O4S/c1-27-11(25)5-10-12(26)23-13(29-10)24-22-6-7-2-3-9(28-15(19,20)21)8(4-7)14(16,17)18/h2-6H,1H3,(H,23,24,26)/b10-5+,22-6?. The lowest BCUT2D eigenvalue weighted by Gasteiger charge is -2.15. The van der Waals surface area contributed by atoms with Gasteiger partial charge >= 0.3 is 18.5 Å². The van der Waals surface area contributed by atoms with E-state index in [1.54, 1.807) is 0 Å². The number of amides is 1. The lowest BCUT2D eigenvalue weighted by atomic mass is 10.1. The average molecular weight is 441 g/mol.